The third-order valence-electron chi connectivity index (χ3n) is 2.35. The molecule has 2 rings (SSSR count). The SMILES string of the molecule is NC(=O)C1CCn2ccnc2C1. The maximum atomic E-state index is 10.9. The van der Waals surface area contributed by atoms with Crippen molar-refractivity contribution < 1.29 is 4.79 Å². The Morgan fingerprint density at radius 2 is 2.58 bits per heavy atom. The number of primary amides is 1. The van der Waals surface area contributed by atoms with E-state index in [-0.39, 0.29) is 11.8 Å². The van der Waals surface area contributed by atoms with Gasteiger partial charge in [-0.25, -0.2) is 4.98 Å². The van der Waals surface area contributed by atoms with E-state index in [1.54, 1.807) is 6.20 Å². The van der Waals surface area contributed by atoms with Crippen LogP contribution >= 0.6 is 0 Å². The number of rotatable bonds is 1. The topological polar surface area (TPSA) is 60.9 Å². The van der Waals surface area contributed by atoms with Crippen LogP contribution in [0.1, 0.15) is 12.2 Å². The molecule has 64 valence electrons. The molecule has 1 atom stereocenters. The fourth-order valence-electron chi connectivity index (χ4n) is 1.59. The van der Waals surface area contributed by atoms with Crippen molar-refractivity contribution in [2.45, 2.75) is 19.4 Å². The molecule has 0 radical (unpaired) electrons. The number of carbonyl (C=O) groups is 1. The first-order valence-corrected chi connectivity index (χ1v) is 4.06. The van der Waals surface area contributed by atoms with Gasteiger partial charge in [0.15, 0.2) is 0 Å². The number of hydrogen-bond acceptors (Lipinski definition) is 2. The van der Waals surface area contributed by atoms with E-state index in [1.165, 1.54) is 0 Å². The Bertz CT molecular complexity index is 305. The summed E-state index contributed by atoms with van der Waals surface area (Å²) >= 11 is 0. The van der Waals surface area contributed by atoms with Crippen LogP contribution in [0, 0.1) is 5.92 Å². The Morgan fingerprint density at radius 1 is 1.75 bits per heavy atom. The van der Waals surface area contributed by atoms with Crippen molar-refractivity contribution in [3.8, 4) is 0 Å². The quantitative estimate of drug-likeness (QED) is 0.633. The highest BCUT2D eigenvalue weighted by Gasteiger charge is 2.22. The zero-order valence-corrected chi connectivity index (χ0v) is 6.73. The molecule has 1 aliphatic rings. The third kappa shape index (κ3) is 1.09. The second kappa shape index (κ2) is 2.62. The number of amides is 1. The summed E-state index contributed by atoms with van der Waals surface area (Å²) in [4.78, 5) is 15.0. The minimum Gasteiger partial charge on any atom is -0.369 e. The van der Waals surface area contributed by atoms with Crippen molar-refractivity contribution in [2.24, 2.45) is 11.7 Å². The minimum atomic E-state index is -0.204. The van der Waals surface area contributed by atoms with Gasteiger partial charge in [0.25, 0.3) is 0 Å². The molecule has 0 bridgehead atoms. The largest absolute Gasteiger partial charge is 0.369 e. The van der Waals surface area contributed by atoms with Crippen molar-refractivity contribution in [1.29, 1.82) is 0 Å². The molecule has 0 aliphatic carbocycles. The summed E-state index contributed by atoms with van der Waals surface area (Å²) in [5, 5.41) is 0. The van der Waals surface area contributed by atoms with Gasteiger partial charge in [0.2, 0.25) is 5.91 Å². The molecule has 2 N–H and O–H groups in total. The van der Waals surface area contributed by atoms with E-state index in [1.807, 2.05) is 6.20 Å². The van der Waals surface area contributed by atoms with Crippen molar-refractivity contribution >= 4 is 5.91 Å². The number of aromatic nitrogens is 2. The molecule has 2 heterocycles. The standard InChI is InChI=1S/C8H11N3O/c9-8(12)6-1-3-11-4-2-10-7(11)5-6/h2,4,6H,1,3,5H2,(H2,9,12). The average Bonchev–Trinajstić information content (AvgIpc) is 2.49. The van der Waals surface area contributed by atoms with Crippen molar-refractivity contribution in [3.63, 3.8) is 0 Å². The van der Waals surface area contributed by atoms with E-state index < -0.39 is 0 Å². The predicted molar refractivity (Wildman–Crippen MR) is 43.2 cm³/mol. The van der Waals surface area contributed by atoms with Gasteiger partial charge in [-0.05, 0) is 6.42 Å². The predicted octanol–water partition coefficient (Wildman–Crippen LogP) is -0.0692. The van der Waals surface area contributed by atoms with E-state index >= 15 is 0 Å². The van der Waals surface area contributed by atoms with Gasteiger partial charge in [-0.15, -0.1) is 0 Å². The Morgan fingerprint density at radius 3 is 3.33 bits per heavy atom. The second-order valence-corrected chi connectivity index (χ2v) is 3.13. The lowest BCUT2D eigenvalue weighted by atomic mass is 9.97. The van der Waals surface area contributed by atoms with Crippen LogP contribution in [0.25, 0.3) is 0 Å². The summed E-state index contributed by atoms with van der Waals surface area (Å²) in [6.45, 7) is 0.864. The van der Waals surface area contributed by atoms with E-state index in [0.717, 1.165) is 18.8 Å². The lowest BCUT2D eigenvalue weighted by molar-refractivity contribution is -0.122. The number of imidazole rings is 1. The summed E-state index contributed by atoms with van der Waals surface area (Å²) < 4.78 is 2.07. The van der Waals surface area contributed by atoms with Gasteiger partial charge in [0.05, 0.1) is 0 Å². The van der Waals surface area contributed by atoms with Crippen molar-refractivity contribution in [1.82, 2.24) is 9.55 Å². The fraction of sp³-hybridized carbons (Fsp3) is 0.500. The minimum absolute atomic E-state index is 0.0140. The first kappa shape index (κ1) is 7.34. The Labute approximate surface area is 70.4 Å². The lowest BCUT2D eigenvalue weighted by Crippen LogP contribution is -2.30. The number of hydrogen-bond donors (Lipinski definition) is 1. The molecule has 4 heteroatoms. The first-order valence-electron chi connectivity index (χ1n) is 4.06. The first-order chi connectivity index (χ1) is 5.77. The number of nitrogens with zero attached hydrogens (tertiary/aromatic N) is 2. The van der Waals surface area contributed by atoms with Crippen molar-refractivity contribution in [3.05, 3.63) is 18.2 Å². The summed E-state index contributed by atoms with van der Waals surface area (Å²) in [7, 11) is 0. The molecular formula is C8H11N3O. The van der Waals surface area contributed by atoms with Crippen LogP contribution in [0.2, 0.25) is 0 Å². The van der Waals surface area contributed by atoms with Crippen LogP contribution < -0.4 is 5.73 Å². The molecule has 0 fully saturated rings. The lowest BCUT2D eigenvalue weighted by Gasteiger charge is -2.20. The van der Waals surface area contributed by atoms with Crippen LogP contribution in [0.5, 0.6) is 0 Å². The van der Waals surface area contributed by atoms with E-state index in [0.29, 0.717) is 6.42 Å². The zero-order valence-electron chi connectivity index (χ0n) is 6.73. The van der Waals surface area contributed by atoms with E-state index in [2.05, 4.69) is 9.55 Å². The van der Waals surface area contributed by atoms with E-state index in [4.69, 9.17) is 5.73 Å². The molecule has 1 unspecified atom stereocenters. The molecule has 1 aliphatic heterocycles. The van der Waals surface area contributed by atoms with Crippen LogP contribution in [0.15, 0.2) is 12.4 Å². The second-order valence-electron chi connectivity index (χ2n) is 3.13. The van der Waals surface area contributed by atoms with Crippen molar-refractivity contribution in [2.75, 3.05) is 0 Å². The zero-order chi connectivity index (χ0) is 8.55. The normalized spacial score (nSPS) is 21.8. The molecule has 0 saturated carbocycles. The van der Waals surface area contributed by atoms with Crippen LogP contribution in [-0.2, 0) is 17.8 Å². The van der Waals surface area contributed by atoms with Gasteiger partial charge < -0.3 is 10.3 Å². The fourth-order valence-corrected chi connectivity index (χ4v) is 1.59. The van der Waals surface area contributed by atoms with Crippen LogP contribution in [0.3, 0.4) is 0 Å². The highest BCUT2D eigenvalue weighted by atomic mass is 16.1. The molecule has 1 amide bonds. The van der Waals surface area contributed by atoms with Gasteiger partial charge in [-0.3, -0.25) is 4.79 Å². The maximum Gasteiger partial charge on any atom is 0.221 e. The van der Waals surface area contributed by atoms with Gasteiger partial charge >= 0.3 is 0 Å². The van der Waals surface area contributed by atoms with Crippen LogP contribution in [0.4, 0.5) is 0 Å². The third-order valence-corrected chi connectivity index (χ3v) is 2.35. The van der Waals surface area contributed by atoms with Gasteiger partial charge in [-0.2, -0.15) is 0 Å². The van der Waals surface area contributed by atoms with Gasteiger partial charge in [0, 0.05) is 31.3 Å². The molecular weight excluding hydrogens is 154 g/mol. The van der Waals surface area contributed by atoms with Crippen LogP contribution in [-0.4, -0.2) is 15.5 Å². The van der Waals surface area contributed by atoms with E-state index in [9.17, 15) is 4.79 Å². The number of aryl methyl sites for hydroxylation is 1. The molecule has 4 nitrogen and oxygen atoms in total. The summed E-state index contributed by atoms with van der Waals surface area (Å²) in [6, 6.07) is 0. The monoisotopic (exact) mass is 165 g/mol. The van der Waals surface area contributed by atoms with Gasteiger partial charge in [0.1, 0.15) is 5.82 Å². The summed E-state index contributed by atoms with van der Waals surface area (Å²) in [6.07, 6.45) is 5.24. The molecule has 0 aromatic carbocycles. The molecule has 0 spiro atoms. The highest BCUT2D eigenvalue weighted by molar-refractivity contribution is 5.76. The number of fused-ring (bicyclic) bond motifs is 1. The highest BCUT2D eigenvalue weighted by Crippen LogP contribution is 2.18. The molecule has 12 heavy (non-hydrogen) atoms. The number of carbonyl (C=O) groups excluding carboxylic acids is 1. The maximum absolute atomic E-state index is 10.9. The van der Waals surface area contributed by atoms with Gasteiger partial charge in [-0.1, -0.05) is 0 Å². The Kier molecular flexibility index (Phi) is 1.60. The molecule has 1 aromatic rings. The number of nitrogens with two attached hydrogens (primary N) is 1. The molecule has 0 saturated heterocycles. The summed E-state index contributed by atoms with van der Waals surface area (Å²) in [5.74, 6) is 0.759. The Balaban J connectivity index is 2.20. The average molecular weight is 165 g/mol. The summed E-state index contributed by atoms with van der Waals surface area (Å²) in [5.41, 5.74) is 5.22. The Hall–Kier alpha value is -1.32. The molecule has 1 aromatic heterocycles. The smallest absolute Gasteiger partial charge is 0.221 e.